The van der Waals surface area contributed by atoms with E-state index in [1.54, 1.807) is 12.1 Å². The predicted molar refractivity (Wildman–Crippen MR) is 120 cm³/mol. The van der Waals surface area contributed by atoms with E-state index in [4.69, 9.17) is 22.3 Å². The van der Waals surface area contributed by atoms with Crippen LogP contribution in [0.2, 0.25) is 0 Å². The molecule has 1 aliphatic heterocycles. The molecule has 30 heavy (non-hydrogen) atoms. The fourth-order valence-electron chi connectivity index (χ4n) is 3.85. The molecule has 6 N–H and O–H groups in total. The molecule has 0 aliphatic carbocycles. The molecule has 1 aliphatic rings. The monoisotopic (exact) mass is 406 g/mol. The summed E-state index contributed by atoms with van der Waals surface area (Å²) >= 11 is 0. The molecule has 1 heterocycles. The highest BCUT2D eigenvalue weighted by molar-refractivity contribution is 5.95. The van der Waals surface area contributed by atoms with Gasteiger partial charge < -0.3 is 21.3 Å². The molecule has 0 unspecified atom stereocenters. The van der Waals surface area contributed by atoms with Crippen molar-refractivity contribution in [2.45, 2.75) is 51.9 Å². The van der Waals surface area contributed by atoms with Crippen LogP contribution in [0.1, 0.15) is 49.9 Å². The molecule has 7 heteroatoms. The smallest absolute Gasteiger partial charge is 0.321 e. The van der Waals surface area contributed by atoms with Gasteiger partial charge in [0.05, 0.1) is 11.1 Å². The summed E-state index contributed by atoms with van der Waals surface area (Å²) in [4.78, 5) is 17.3. The number of rotatable bonds is 6. The summed E-state index contributed by atoms with van der Waals surface area (Å²) in [7, 11) is 0. The van der Waals surface area contributed by atoms with Crippen LogP contribution in [0.15, 0.2) is 48.5 Å². The molecular formula is C23H30N6O. The van der Waals surface area contributed by atoms with E-state index in [1.807, 2.05) is 46.2 Å². The summed E-state index contributed by atoms with van der Waals surface area (Å²) in [6, 6.07) is 14.9. The summed E-state index contributed by atoms with van der Waals surface area (Å²) in [5.41, 5.74) is 13.5. The van der Waals surface area contributed by atoms with Gasteiger partial charge in [0, 0.05) is 24.2 Å². The number of nitrogens with zero attached hydrogens (tertiary/aromatic N) is 2. The Morgan fingerprint density at radius 1 is 0.800 bits per heavy atom. The molecule has 0 atom stereocenters. The standard InChI is InChI=1S/C23H30N6O/c1-22(2)23(3,4)29(14-16-8-6-10-18(12-16)20(26)27)21(30)28(22)13-15-7-5-9-17(11-15)19(24)25/h5-12H,13-14H2,1-4H3,(H3,24,25)(H3,26,27). The molecule has 2 aromatic rings. The Balaban J connectivity index is 1.91. The summed E-state index contributed by atoms with van der Waals surface area (Å²) in [6.07, 6.45) is 0. The number of hydrogen-bond acceptors (Lipinski definition) is 3. The zero-order valence-electron chi connectivity index (χ0n) is 18.0. The first-order chi connectivity index (χ1) is 13.9. The van der Waals surface area contributed by atoms with Gasteiger partial charge in [-0.1, -0.05) is 36.4 Å². The second kappa shape index (κ2) is 7.48. The van der Waals surface area contributed by atoms with E-state index in [-0.39, 0.29) is 17.7 Å². The van der Waals surface area contributed by atoms with E-state index in [0.29, 0.717) is 24.2 Å². The first kappa shape index (κ1) is 21.4. The number of amidine groups is 2. The average molecular weight is 407 g/mol. The highest BCUT2D eigenvalue weighted by Gasteiger charge is 2.56. The Morgan fingerprint density at radius 3 is 1.50 bits per heavy atom. The second-order valence-corrected chi connectivity index (χ2v) is 8.80. The highest BCUT2D eigenvalue weighted by Crippen LogP contribution is 2.42. The van der Waals surface area contributed by atoms with Crippen molar-refractivity contribution in [2.75, 3.05) is 0 Å². The van der Waals surface area contributed by atoms with Crippen molar-refractivity contribution in [3.8, 4) is 0 Å². The molecule has 7 nitrogen and oxygen atoms in total. The van der Waals surface area contributed by atoms with Gasteiger partial charge in [-0.05, 0) is 51.0 Å². The van der Waals surface area contributed by atoms with E-state index in [0.717, 1.165) is 11.1 Å². The summed E-state index contributed by atoms with van der Waals surface area (Å²) in [5, 5.41) is 15.3. The fraction of sp³-hybridized carbons (Fsp3) is 0.348. The van der Waals surface area contributed by atoms with Gasteiger partial charge in [-0.25, -0.2) is 4.79 Å². The second-order valence-electron chi connectivity index (χ2n) is 8.80. The maximum Gasteiger partial charge on any atom is 0.321 e. The van der Waals surface area contributed by atoms with Gasteiger partial charge in [-0.15, -0.1) is 0 Å². The molecule has 2 aromatic carbocycles. The van der Waals surface area contributed by atoms with E-state index in [9.17, 15) is 4.79 Å². The quantitative estimate of drug-likeness (QED) is 0.435. The van der Waals surface area contributed by atoms with E-state index in [1.165, 1.54) is 0 Å². The van der Waals surface area contributed by atoms with Crippen LogP contribution in [0, 0.1) is 10.8 Å². The third kappa shape index (κ3) is 3.63. The zero-order chi connectivity index (χ0) is 22.3. The average Bonchev–Trinajstić information content (AvgIpc) is 2.80. The SMILES string of the molecule is CC1(C)N(Cc2cccc(C(=N)N)c2)C(=O)N(Cc2cccc(C(=N)N)c2)C1(C)C. The molecule has 3 rings (SSSR count). The molecule has 1 saturated heterocycles. The Hall–Kier alpha value is -3.35. The number of carbonyl (C=O) groups excluding carboxylic acids is 1. The molecule has 158 valence electrons. The number of benzene rings is 2. The van der Waals surface area contributed by atoms with Crippen molar-refractivity contribution in [2.24, 2.45) is 11.5 Å². The lowest BCUT2D eigenvalue weighted by molar-refractivity contribution is 0.101. The van der Waals surface area contributed by atoms with Crippen molar-refractivity contribution in [1.82, 2.24) is 9.80 Å². The molecule has 0 saturated carbocycles. The Bertz CT molecular complexity index is 931. The van der Waals surface area contributed by atoms with Gasteiger partial charge >= 0.3 is 6.03 Å². The van der Waals surface area contributed by atoms with Gasteiger partial charge in [0.15, 0.2) is 0 Å². The van der Waals surface area contributed by atoms with Crippen LogP contribution in [0.3, 0.4) is 0 Å². The minimum absolute atomic E-state index is 0.0103. The van der Waals surface area contributed by atoms with Crippen molar-refractivity contribution in [1.29, 1.82) is 10.8 Å². The minimum Gasteiger partial charge on any atom is -0.384 e. The van der Waals surface area contributed by atoms with Crippen LogP contribution in [0.5, 0.6) is 0 Å². The zero-order valence-corrected chi connectivity index (χ0v) is 18.0. The number of nitrogens with two attached hydrogens (primary N) is 2. The summed E-state index contributed by atoms with van der Waals surface area (Å²) in [5.74, 6) is 0.0207. The number of nitrogen functional groups attached to an aromatic ring is 2. The largest absolute Gasteiger partial charge is 0.384 e. The molecule has 0 aromatic heterocycles. The van der Waals surface area contributed by atoms with E-state index in [2.05, 4.69) is 27.7 Å². The van der Waals surface area contributed by atoms with Crippen LogP contribution in [0.25, 0.3) is 0 Å². The van der Waals surface area contributed by atoms with Crippen molar-refractivity contribution >= 4 is 17.7 Å². The molecule has 0 bridgehead atoms. The molecule has 1 fully saturated rings. The maximum absolute atomic E-state index is 13.5. The molecule has 0 radical (unpaired) electrons. The Labute approximate surface area is 177 Å². The Morgan fingerprint density at radius 2 is 1.17 bits per heavy atom. The van der Waals surface area contributed by atoms with Gasteiger partial charge in [-0.2, -0.15) is 0 Å². The molecular weight excluding hydrogens is 376 g/mol. The van der Waals surface area contributed by atoms with Crippen LogP contribution >= 0.6 is 0 Å². The Kier molecular flexibility index (Phi) is 5.33. The molecule has 2 amide bonds. The van der Waals surface area contributed by atoms with Crippen LogP contribution in [-0.2, 0) is 13.1 Å². The topological polar surface area (TPSA) is 123 Å². The van der Waals surface area contributed by atoms with Gasteiger partial charge in [-0.3, -0.25) is 10.8 Å². The van der Waals surface area contributed by atoms with Gasteiger partial charge in [0.25, 0.3) is 0 Å². The number of amides is 2. The first-order valence-electron chi connectivity index (χ1n) is 9.91. The lowest BCUT2D eigenvalue weighted by atomic mass is 9.82. The predicted octanol–water partition coefficient (Wildman–Crippen LogP) is 3.25. The van der Waals surface area contributed by atoms with Gasteiger partial charge in [0.1, 0.15) is 11.7 Å². The fourth-order valence-corrected chi connectivity index (χ4v) is 3.85. The third-order valence-corrected chi connectivity index (χ3v) is 6.47. The van der Waals surface area contributed by atoms with E-state index >= 15 is 0 Å². The summed E-state index contributed by atoms with van der Waals surface area (Å²) in [6.45, 7) is 9.16. The number of hydrogen-bond donors (Lipinski definition) is 4. The van der Waals surface area contributed by atoms with Crippen LogP contribution in [0.4, 0.5) is 4.79 Å². The lowest BCUT2D eigenvalue weighted by Gasteiger charge is -2.41. The lowest BCUT2D eigenvalue weighted by Crippen LogP contribution is -2.53. The van der Waals surface area contributed by atoms with E-state index < -0.39 is 11.1 Å². The number of carbonyl (C=O) groups is 1. The number of urea groups is 1. The number of nitrogens with one attached hydrogen (secondary N) is 2. The van der Waals surface area contributed by atoms with Gasteiger partial charge in [0.2, 0.25) is 0 Å². The maximum atomic E-state index is 13.5. The van der Waals surface area contributed by atoms with Crippen molar-refractivity contribution in [3.63, 3.8) is 0 Å². The first-order valence-corrected chi connectivity index (χ1v) is 9.91. The summed E-state index contributed by atoms with van der Waals surface area (Å²) < 4.78 is 0. The van der Waals surface area contributed by atoms with Crippen molar-refractivity contribution in [3.05, 3.63) is 70.8 Å². The minimum atomic E-state index is -0.436. The highest BCUT2D eigenvalue weighted by atomic mass is 16.2. The molecule has 0 spiro atoms. The van der Waals surface area contributed by atoms with Crippen LogP contribution in [-0.4, -0.2) is 38.6 Å². The van der Waals surface area contributed by atoms with Crippen LogP contribution < -0.4 is 11.5 Å². The third-order valence-electron chi connectivity index (χ3n) is 6.47. The van der Waals surface area contributed by atoms with Crippen molar-refractivity contribution < 1.29 is 4.79 Å². The normalized spacial score (nSPS) is 17.3.